The second-order valence-electron chi connectivity index (χ2n) is 5.74. The van der Waals surface area contributed by atoms with E-state index in [0.29, 0.717) is 6.42 Å². The molecule has 0 spiro atoms. The fourth-order valence-electron chi connectivity index (χ4n) is 2.50. The molecule has 2 N–H and O–H groups in total. The Hall–Kier alpha value is -3.41. The summed E-state index contributed by atoms with van der Waals surface area (Å²) < 4.78 is 5.10. The van der Waals surface area contributed by atoms with E-state index in [-0.39, 0.29) is 18.0 Å². The zero-order valence-electron chi connectivity index (χ0n) is 14.4. The number of aromatic nitrogens is 1. The lowest BCUT2D eigenvalue weighted by atomic mass is 10.1. The van der Waals surface area contributed by atoms with E-state index in [9.17, 15) is 9.59 Å². The number of carbonyl (C=O) groups excluding carboxylic acids is 2. The number of methoxy groups -OCH3 is 1. The number of hydrazine groups is 1. The molecule has 0 aliphatic heterocycles. The van der Waals surface area contributed by atoms with E-state index in [1.807, 2.05) is 54.6 Å². The fraction of sp³-hybridized carbons (Fsp3) is 0.150. The lowest BCUT2D eigenvalue weighted by Crippen LogP contribution is -2.42. The Labute approximate surface area is 151 Å². The van der Waals surface area contributed by atoms with Crippen LogP contribution in [0.5, 0.6) is 5.75 Å². The number of rotatable bonds is 5. The molecule has 3 aromatic rings. The first-order valence-corrected chi connectivity index (χ1v) is 8.23. The van der Waals surface area contributed by atoms with Crippen molar-refractivity contribution in [2.75, 3.05) is 7.11 Å². The van der Waals surface area contributed by atoms with Crippen LogP contribution < -0.4 is 15.6 Å². The van der Waals surface area contributed by atoms with Gasteiger partial charge in [-0.2, -0.15) is 0 Å². The van der Waals surface area contributed by atoms with Gasteiger partial charge in [-0.3, -0.25) is 20.4 Å². The Kier molecular flexibility index (Phi) is 5.43. The average Bonchev–Trinajstić information content (AvgIpc) is 2.70. The Morgan fingerprint density at radius 2 is 1.73 bits per heavy atom. The molecule has 2 amide bonds. The van der Waals surface area contributed by atoms with Crippen molar-refractivity contribution in [3.05, 3.63) is 71.9 Å². The largest absolute Gasteiger partial charge is 0.497 e. The van der Waals surface area contributed by atoms with Crippen molar-refractivity contribution >= 4 is 22.7 Å². The van der Waals surface area contributed by atoms with Crippen LogP contribution in [-0.2, 0) is 11.2 Å². The molecule has 0 bridgehead atoms. The molecule has 3 rings (SSSR count). The Morgan fingerprint density at radius 3 is 2.50 bits per heavy atom. The van der Waals surface area contributed by atoms with Gasteiger partial charge in [0.2, 0.25) is 5.91 Å². The van der Waals surface area contributed by atoms with Gasteiger partial charge in [0.05, 0.1) is 12.6 Å². The smallest absolute Gasteiger partial charge is 0.288 e. The van der Waals surface area contributed by atoms with Crippen LogP contribution in [0.2, 0.25) is 0 Å². The van der Waals surface area contributed by atoms with Crippen molar-refractivity contribution in [3.8, 4) is 5.75 Å². The predicted octanol–water partition coefficient (Wildman–Crippen LogP) is 2.64. The molecule has 0 saturated heterocycles. The normalized spacial score (nSPS) is 10.3. The van der Waals surface area contributed by atoms with E-state index < -0.39 is 5.91 Å². The van der Waals surface area contributed by atoms with Gasteiger partial charge in [0.1, 0.15) is 11.4 Å². The summed E-state index contributed by atoms with van der Waals surface area (Å²) in [6.45, 7) is 0. The fourth-order valence-corrected chi connectivity index (χ4v) is 2.50. The van der Waals surface area contributed by atoms with Crippen LogP contribution in [0, 0.1) is 0 Å². The number of amides is 2. The summed E-state index contributed by atoms with van der Waals surface area (Å²) in [5, 5.41) is 0.951. The second kappa shape index (κ2) is 8.11. The molecule has 26 heavy (non-hydrogen) atoms. The molecule has 0 saturated carbocycles. The Morgan fingerprint density at radius 1 is 0.962 bits per heavy atom. The van der Waals surface area contributed by atoms with Crippen LogP contribution in [0.1, 0.15) is 22.5 Å². The van der Waals surface area contributed by atoms with Gasteiger partial charge in [0.25, 0.3) is 5.91 Å². The molecule has 0 unspecified atom stereocenters. The molecule has 6 nitrogen and oxygen atoms in total. The minimum absolute atomic E-state index is 0.249. The van der Waals surface area contributed by atoms with E-state index in [2.05, 4.69) is 15.8 Å². The van der Waals surface area contributed by atoms with Gasteiger partial charge >= 0.3 is 0 Å². The summed E-state index contributed by atoms with van der Waals surface area (Å²) in [6.07, 6.45) is 0.831. The van der Waals surface area contributed by atoms with Crippen LogP contribution in [0.3, 0.4) is 0 Å². The minimum atomic E-state index is -0.450. The third kappa shape index (κ3) is 4.36. The first-order valence-electron chi connectivity index (χ1n) is 8.23. The number of carbonyl (C=O) groups is 2. The molecule has 0 radical (unpaired) electrons. The Balaban J connectivity index is 1.50. The van der Waals surface area contributed by atoms with Gasteiger partial charge in [0, 0.05) is 11.8 Å². The highest BCUT2D eigenvalue weighted by Gasteiger charge is 2.09. The van der Waals surface area contributed by atoms with Gasteiger partial charge in [0.15, 0.2) is 0 Å². The number of fused-ring (bicyclic) bond motifs is 1. The number of para-hydroxylation sites is 1. The molecular weight excluding hydrogens is 330 g/mol. The van der Waals surface area contributed by atoms with Crippen LogP contribution >= 0.6 is 0 Å². The summed E-state index contributed by atoms with van der Waals surface area (Å²) in [6, 6.07) is 18.5. The first kappa shape index (κ1) is 17.4. The number of hydrogen-bond donors (Lipinski definition) is 2. The molecule has 6 heteroatoms. The van der Waals surface area contributed by atoms with Crippen LogP contribution in [0.4, 0.5) is 0 Å². The second-order valence-corrected chi connectivity index (χ2v) is 5.74. The number of nitrogens with zero attached hydrogens (tertiary/aromatic N) is 1. The molecule has 1 heterocycles. The number of aryl methyl sites for hydroxylation is 1. The highest BCUT2D eigenvalue weighted by Crippen LogP contribution is 2.13. The van der Waals surface area contributed by atoms with E-state index in [1.165, 1.54) is 0 Å². The summed E-state index contributed by atoms with van der Waals surface area (Å²) in [7, 11) is 1.61. The highest BCUT2D eigenvalue weighted by molar-refractivity contribution is 5.95. The summed E-state index contributed by atoms with van der Waals surface area (Å²) >= 11 is 0. The molecule has 2 aromatic carbocycles. The zero-order valence-corrected chi connectivity index (χ0v) is 14.4. The SMILES string of the molecule is COc1ccc(CCC(=O)NNC(=O)c2ccc3ccccc3n2)cc1. The summed E-state index contributed by atoms with van der Waals surface area (Å²) in [4.78, 5) is 28.3. The van der Waals surface area contributed by atoms with Gasteiger partial charge in [-0.15, -0.1) is 0 Å². The molecule has 132 valence electrons. The van der Waals surface area contributed by atoms with Crippen molar-refractivity contribution in [3.63, 3.8) is 0 Å². The van der Waals surface area contributed by atoms with Crippen molar-refractivity contribution in [1.82, 2.24) is 15.8 Å². The van der Waals surface area contributed by atoms with Gasteiger partial charge in [-0.1, -0.05) is 36.4 Å². The minimum Gasteiger partial charge on any atom is -0.497 e. The predicted molar refractivity (Wildman–Crippen MR) is 98.7 cm³/mol. The van der Waals surface area contributed by atoms with Crippen molar-refractivity contribution < 1.29 is 14.3 Å². The maximum absolute atomic E-state index is 12.1. The van der Waals surface area contributed by atoms with E-state index in [4.69, 9.17) is 4.74 Å². The topological polar surface area (TPSA) is 80.3 Å². The Bertz CT molecular complexity index is 923. The summed E-state index contributed by atoms with van der Waals surface area (Å²) in [5.74, 6) is 0.0526. The molecule has 0 atom stereocenters. The van der Waals surface area contributed by atoms with Gasteiger partial charge < -0.3 is 4.74 Å². The van der Waals surface area contributed by atoms with Crippen molar-refractivity contribution in [2.24, 2.45) is 0 Å². The molecule has 0 aliphatic rings. The molecule has 1 aromatic heterocycles. The summed E-state index contributed by atoms with van der Waals surface area (Å²) in [5.41, 5.74) is 6.81. The lowest BCUT2D eigenvalue weighted by Gasteiger charge is -2.08. The number of nitrogens with one attached hydrogen (secondary N) is 2. The maximum atomic E-state index is 12.1. The van der Waals surface area contributed by atoms with Crippen LogP contribution in [-0.4, -0.2) is 23.9 Å². The number of ether oxygens (including phenoxy) is 1. The van der Waals surface area contributed by atoms with E-state index in [0.717, 1.165) is 22.2 Å². The first-order chi connectivity index (χ1) is 12.7. The van der Waals surface area contributed by atoms with E-state index >= 15 is 0 Å². The van der Waals surface area contributed by atoms with Gasteiger partial charge in [-0.05, 0) is 36.2 Å². The maximum Gasteiger partial charge on any atom is 0.288 e. The van der Waals surface area contributed by atoms with Crippen molar-refractivity contribution in [2.45, 2.75) is 12.8 Å². The zero-order chi connectivity index (χ0) is 18.4. The quantitative estimate of drug-likeness (QED) is 0.694. The van der Waals surface area contributed by atoms with E-state index in [1.54, 1.807) is 13.2 Å². The monoisotopic (exact) mass is 349 g/mol. The number of pyridine rings is 1. The highest BCUT2D eigenvalue weighted by atomic mass is 16.5. The third-order valence-electron chi connectivity index (χ3n) is 3.95. The van der Waals surface area contributed by atoms with Crippen LogP contribution in [0.15, 0.2) is 60.7 Å². The third-order valence-corrected chi connectivity index (χ3v) is 3.95. The van der Waals surface area contributed by atoms with Crippen LogP contribution in [0.25, 0.3) is 10.9 Å². The molecule has 0 fully saturated rings. The number of hydrogen-bond acceptors (Lipinski definition) is 4. The molecular formula is C20H19N3O3. The van der Waals surface area contributed by atoms with Crippen molar-refractivity contribution in [1.29, 1.82) is 0 Å². The average molecular weight is 349 g/mol. The lowest BCUT2D eigenvalue weighted by molar-refractivity contribution is -0.121. The van der Waals surface area contributed by atoms with Gasteiger partial charge in [-0.25, -0.2) is 4.98 Å². The molecule has 0 aliphatic carbocycles. The standard InChI is InChI=1S/C20H19N3O3/c1-26-16-10-6-14(7-11-16)8-13-19(24)22-23-20(25)18-12-9-15-4-2-3-5-17(15)21-18/h2-7,9-12H,8,13H2,1H3,(H,22,24)(H,23,25). The number of benzene rings is 2.